The first-order valence-electron chi connectivity index (χ1n) is 6.24. The van der Waals surface area contributed by atoms with Gasteiger partial charge >= 0.3 is 0 Å². The van der Waals surface area contributed by atoms with Gasteiger partial charge in [-0.15, -0.1) is 0 Å². The number of nitrogens with two attached hydrogens (primary N) is 1. The summed E-state index contributed by atoms with van der Waals surface area (Å²) in [6, 6.07) is 1.86. The van der Waals surface area contributed by atoms with Crippen molar-refractivity contribution < 1.29 is 13.2 Å². The Bertz CT molecular complexity index is 555. The van der Waals surface area contributed by atoms with Crippen molar-refractivity contribution in [1.29, 1.82) is 0 Å². The first kappa shape index (κ1) is 16.4. The predicted octanol–water partition coefficient (Wildman–Crippen LogP) is 0.103. The van der Waals surface area contributed by atoms with Crippen LogP contribution in [0.25, 0.3) is 0 Å². The van der Waals surface area contributed by atoms with Gasteiger partial charge in [0.1, 0.15) is 10.7 Å². The highest BCUT2D eigenvalue weighted by Crippen LogP contribution is 2.09. The van der Waals surface area contributed by atoms with E-state index in [1.54, 1.807) is 0 Å². The Morgan fingerprint density at radius 3 is 2.50 bits per heavy atom. The number of hydrogen-bond donors (Lipinski definition) is 3. The van der Waals surface area contributed by atoms with E-state index in [4.69, 9.17) is 5.73 Å². The molecule has 1 aromatic heterocycles. The van der Waals surface area contributed by atoms with E-state index >= 15 is 0 Å². The molecule has 4 N–H and O–H groups in total. The lowest BCUT2D eigenvalue weighted by molar-refractivity contribution is -0.122. The van der Waals surface area contributed by atoms with Crippen LogP contribution in [0.4, 0.5) is 5.82 Å². The summed E-state index contributed by atoms with van der Waals surface area (Å²) in [5.74, 6) is 0.154. The van der Waals surface area contributed by atoms with Gasteiger partial charge in [-0.2, -0.15) is 4.72 Å². The van der Waals surface area contributed by atoms with Gasteiger partial charge in [0, 0.05) is 12.7 Å². The van der Waals surface area contributed by atoms with Crippen LogP contribution in [0, 0.1) is 5.92 Å². The minimum Gasteiger partial charge on any atom is -0.384 e. The van der Waals surface area contributed by atoms with Crippen LogP contribution in [0.5, 0.6) is 0 Å². The van der Waals surface area contributed by atoms with Crippen molar-refractivity contribution in [3.8, 4) is 0 Å². The lowest BCUT2D eigenvalue weighted by Gasteiger charge is -2.15. The van der Waals surface area contributed by atoms with Crippen LogP contribution in [0.15, 0.2) is 23.2 Å². The smallest absolute Gasteiger partial charge is 0.242 e. The maximum Gasteiger partial charge on any atom is 0.242 e. The number of rotatable bonds is 6. The van der Waals surface area contributed by atoms with Crippen molar-refractivity contribution in [3.05, 3.63) is 18.3 Å². The highest BCUT2D eigenvalue weighted by molar-refractivity contribution is 7.89. The van der Waals surface area contributed by atoms with Crippen molar-refractivity contribution in [2.45, 2.75) is 31.7 Å². The number of amides is 1. The number of carbonyl (C=O) groups excluding carboxylic acids is 1. The molecule has 0 saturated carbocycles. The van der Waals surface area contributed by atoms with Crippen LogP contribution < -0.4 is 15.8 Å². The van der Waals surface area contributed by atoms with Gasteiger partial charge in [-0.05, 0) is 25.0 Å². The van der Waals surface area contributed by atoms with Gasteiger partial charge in [-0.3, -0.25) is 4.79 Å². The molecule has 0 saturated heterocycles. The van der Waals surface area contributed by atoms with Crippen LogP contribution in [-0.4, -0.2) is 31.9 Å². The molecule has 0 aromatic carbocycles. The van der Waals surface area contributed by atoms with E-state index < -0.39 is 16.1 Å². The molecule has 0 spiro atoms. The number of pyridine rings is 1. The Morgan fingerprint density at radius 2 is 2.00 bits per heavy atom. The van der Waals surface area contributed by atoms with Crippen molar-refractivity contribution >= 4 is 21.7 Å². The van der Waals surface area contributed by atoms with Gasteiger partial charge in [0.15, 0.2) is 0 Å². The number of aromatic nitrogens is 1. The van der Waals surface area contributed by atoms with Gasteiger partial charge in [0.25, 0.3) is 0 Å². The van der Waals surface area contributed by atoms with Gasteiger partial charge in [0.2, 0.25) is 15.9 Å². The Kier molecular flexibility index (Phi) is 5.46. The lowest BCUT2D eigenvalue weighted by atomic mass is 10.2. The normalized spacial score (nSPS) is 13.2. The van der Waals surface area contributed by atoms with E-state index in [9.17, 15) is 13.2 Å². The van der Waals surface area contributed by atoms with E-state index in [1.807, 2.05) is 13.8 Å². The largest absolute Gasteiger partial charge is 0.384 e. The summed E-state index contributed by atoms with van der Waals surface area (Å²) in [5, 5.41) is 2.66. The number of anilines is 1. The minimum absolute atomic E-state index is 0.0322. The molecule has 0 aliphatic rings. The molecule has 1 amide bonds. The van der Waals surface area contributed by atoms with Gasteiger partial charge < -0.3 is 11.1 Å². The number of sulfonamides is 1. The van der Waals surface area contributed by atoms with E-state index in [1.165, 1.54) is 19.1 Å². The number of nitrogens with zero attached hydrogens (tertiary/aromatic N) is 1. The fourth-order valence-electron chi connectivity index (χ4n) is 1.36. The summed E-state index contributed by atoms with van der Waals surface area (Å²) in [6.45, 7) is 5.89. The van der Waals surface area contributed by atoms with E-state index in [-0.39, 0.29) is 16.6 Å². The third-order valence-electron chi connectivity index (χ3n) is 2.48. The molecule has 0 aliphatic carbocycles. The molecule has 1 rings (SSSR count). The lowest BCUT2D eigenvalue weighted by Crippen LogP contribution is -2.45. The number of nitrogen functional groups attached to an aromatic ring is 1. The highest BCUT2D eigenvalue weighted by Gasteiger charge is 2.22. The molecule has 0 fully saturated rings. The third kappa shape index (κ3) is 4.78. The summed E-state index contributed by atoms with van der Waals surface area (Å²) in [4.78, 5) is 15.4. The van der Waals surface area contributed by atoms with E-state index in [0.29, 0.717) is 12.5 Å². The molecule has 1 aromatic rings. The summed E-state index contributed by atoms with van der Waals surface area (Å²) in [6.07, 6.45) is 1.15. The molecular weight excluding hydrogens is 280 g/mol. The van der Waals surface area contributed by atoms with Crippen molar-refractivity contribution in [2.24, 2.45) is 5.92 Å². The number of carbonyl (C=O) groups is 1. The topological polar surface area (TPSA) is 114 Å². The molecule has 0 aliphatic heterocycles. The quantitative estimate of drug-likeness (QED) is 0.689. The second kappa shape index (κ2) is 6.67. The summed E-state index contributed by atoms with van der Waals surface area (Å²) in [5.41, 5.74) is 5.40. The van der Waals surface area contributed by atoms with Gasteiger partial charge in [-0.25, -0.2) is 13.4 Å². The van der Waals surface area contributed by atoms with Crippen molar-refractivity contribution in [1.82, 2.24) is 15.0 Å². The maximum absolute atomic E-state index is 12.0. The van der Waals surface area contributed by atoms with Gasteiger partial charge in [-0.1, -0.05) is 13.8 Å². The molecule has 112 valence electrons. The van der Waals surface area contributed by atoms with Gasteiger partial charge in [0.05, 0.1) is 6.04 Å². The van der Waals surface area contributed by atoms with Crippen LogP contribution in [0.1, 0.15) is 20.8 Å². The Hall–Kier alpha value is -1.67. The Morgan fingerprint density at radius 1 is 1.35 bits per heavy atom. The molecule has 7 nitrogen and oxygen atoms in total. The summed E-state index contributed by atoms with van der Waals surface area (Å²) < 4.78 is 26.3. The molecule has 0 bridgehead atoms. The fourth-order valence-corrected chi connectivity index (χ4v) is 2.51. The van der Waals surface area contributed by atoms with Crippen LogP contribution in [-0.2, 0) is 14.8 Å². The zero-order chi connectivity index (χ0) is 15.3. The van der Waals surface area contributed by atoms with E-state index in [0.717, 1.165) is 6.20 Å². The van der Waals surface area contributed by atoms with Crippen molar-refractivity contribution in [2.75, 3.05) is 12.3 Å². The highest BCUT2D eigenvalue weighted by atomic mass is 32.2. The van der Waals surface area contributed by atoms with Crippen LogP contribution in [0.2, 0.25) is 0 Å². The SMILES string of the molecule is CC(C)CNC(=O)C(C)NS(=O)(=O)c1ccc(N)nc1. The second-order valence-corrected chi connectivity index (χ2v) is 6.61. The fraction of sp³-hybridized carbons (Fsp3) is 0.500. The Balaban J connectivity index is 2.70. The third-order valence-corrected chi connectivity index (χ3v) is 4.01. The molecule has 20 heavy (non-hydrogen) atoms. The monoisotopic (exact) mass is 300 g/mol. The maximum atomic E-state index is 12.0. The predicted molar refractivity (Wildman–Crippen MR) is 76.3 cm³/mol. The zero-order valence-electron chi connectivity index (χ0n) is 11.8. The van der Waals surface area contributed by atoms with Crippen molar-refractivity contribution in [3.63, 3.8) is 0 Å². The first-order valence-corrected chi connectivity index (χ1v) is 7.72. The first-order chi connectivity index (χ1) is 9.22. The van der Waals surface area contributed by atoms with E-state index in [2.05, 4.69) is 15.0 Å². The molecule has 1 atom stereocenters. The molecule has 1 heterocycles. The second-order valence-electron chi connectivity index (χ2n) is 4.90. The molecule has 8 heteroatoms. The minimum atomic E-state index is -3.79. The van der Waals surface area contributed by atoms with Crippen LogP contribution in [0.3, 0.4) is 0 Å². The summed E-state index contributed by atoms with van der Waals surface area (Å²) in [7, 11) is -3.79. The zero-order valence-corrected chi connectivity index (χ0v) is 12.6. The standard InChI is InChI=1S/C12H20N4O3S/c1-8(2)6-15-12(17)9(3)16-20(18,19)10-4-5-11(13)14-7-10/h4-5,7-9,16H,6H2,1-3H3,(H2,13,14)(H,15,17). The number of hydrogen-bond acceptors (Lipinski definition) is 5. The Labute approximate surface area is 119 Å². The molecule has 1 unspecified atom stereocenters. The number of nitrogens with one attached hydrogen (secondary N) is 2. The summed E-state index contributed by atoms with van der Waals surface area (Å²) >= 11 is 0. The molecular formula is C12H20N4O3S. The average Bonchev–Trinajstić information content (AvgIpc) is 2.35. The molecule has 0 radical (unpaired) electrons. The van der Waals surface area contributed by atoms with Crippen LogP contribution >= 0.6 is 0 Å². The average molecular weight is 300 g/mol.